The number of rotatable bonds is 3. The van der Waals surface area contributed by atoms with Crippen molar-refractivity contribution in [3.8, 4) is 5.69 Å². The Morgan fingerprint density at radius 3 is 2.48 bits per heavy atom. The topological polar surface area (TPSA) is 66.2 Å². The van der Waals surface area contributed by atoms with Crippen LogP contribution in [0, 0.1) is 19.7 Å². The van der Waals surface area contributed by atoms with Crippen LogP contribution in [-0.4, -0.2) is 23.1 Å². The number of aromatic nitrogens is 5. The Morgan fingerprint density at radius 2 is 1.81 bits per heavy atom. The third-order valence-corrected chi connectivity index (χ3v) is 5.06. The highest BCUT2D eigenvalue weighted by Crippen LogP contribution is 2.25. The monoisotopic (exact) mass is 369 g/mol. The van der Waals surface area contributed by atoms with E-state index < -0.39 is 5.69 Å². The molecule has 0 saturated carbocycles. The van der Waals surface area contributed by atoms with E-state index in [9.17, 15) is 14.0 Å². The number of hydrogen-bond donors (Lipinski definition) is 0. The highest BCUT2D eigenvalue weighted by atomic mass is 19.1. The van der Waals surface area contributed by atoms with Crippen LogP contribution in [-0.2, 0) is 13.6 Å². The quantitative estimate of drug-likeness (QED) is 0.557. The van der Waals surface area contributed by atoms with Crippen molar-refractivity contribution < 1.29 is 4.39 Å². The molecule has 0 aliphatic carbocycles. The van der Waals surface area contributed by atoms with Crippen molar-refractivity contribution in [2.24, 2.45) is 7.05 Å². The number of imidazole rings is 2. The van der Waals surface area contributed by atoms with E-state index in [1.165, 1.54) is 15.2 Å². The Labute approximate surface area is 153 Å². The fraction of sp³-hybridized carbons (Fsp3) is 0.316. The van der Waals surface area contributed by atoms with Gasteiger partial charge in [-0.1, -0.05) is 19.1 Å². The first-order valence-electron chi connectivity index (χ1n) is 8.83. The van der Waals surface area contributed by atoms with Gasteiger partial charge < -0.3 is 0 Å². The summed E-state index contributed by atoms with van der Waals surface area (Å²) >= 11 is 0. The first-order chi connectivity index (χ1) is 12.9. The van der Waals surface area contributed by atoms with Crippen molar-refractivity contribution in [2.45, 2.75) is 33.7 Å². The molecule has 0 aliphatic heterocycles. The zero-order valence-corrected chi connectivity index (χ0v) is 15.7. The number of halogens is 1. The van der Waals surface area contributed by atoms with E-state index in [0.717, 1.165) is 11.4 Å². The number of hydrogen-bond acceptors (Lipinski definition) is 3. The van der Waals surface area contributed by atoms with Crippen molar-refractivity contribution in [3.63, 3.8) is 0 Å². The van der Waals surface area contributed by atoms with E-state index in [0.29, 0.717) is 35.6 Å². The number of aryl methyl sites for hydroxylation is 2. The smallest absolute Gasteiger partial charge is 0.280 e. The van der Waals surface area contributed by atoms with Crippen LogP contribution in [0.5, 0.6) is 0 Å². The van der Waals surface area contributed by atoms with E-state index in [1.807, 2.05) is 20.8 Å². The predicted molar refractivity (Wildman–Crippen MR) is 101 cm³/mol. The summed E-state index contributed by atoms with van der Waals surface area (Å²) < 4.78 is 20.5. The fourth-order valence-electron chi connectivity index (χ4n) is 3.59. The highest BCUT2D eigenvalue weighted by Gasteiger charge is 2.23. The van der Waals surface area contributed by atoms with Crippen molar-refractivity contribution in [2.75, 3.05) is 0 Å². The van der Waals surface area contributed by atoms with Crippen LogP contribution >= 0.6 is 0 Å². The summed E-state index contributed by atoms with van der Waals surface area (Å²) in [5.74, 6) is 0.0221. The fourth-order valence-corrected chi connectivity index (χ4v) is 3.59. The molecule has 1 aromatic carbocycles. The SMILES string of the molecule is CCCn1c(=O)c2c(nc3n(-c4ccccc4F)c(C)c(C)n23)n(C)c1=O. The maximum atomic E-state index is 14.5. The Hall–Kier alpha value is -3.16. The summed E-state index contributed by atoms with van der Waals surface area (Å²) in [7, 11) is 1.60. The second-order valence-electron chi connectivity index (χ2n) is 6.68. The van der Waals surface area contributed by atoms with Crippen LogP contribution in [0.1, 0.15) is 24.7 Å². The standard InChI is InChI=1S/C19H20FN5O2/c1-5-10-23-17(26)15-16(22(4)19(23)27)21-18-24(11(2)12(3)25(15)18)14-9-7-6-8-13(14)20/h6-9H,5,10H2,1-4H3. The first-order valence-corrected chi connectivity index (χ1v) is 8.83. The second kappa shape index (κ2) is 5.94. The van der Waals surface area contributed by atoms with Gasteiger partial charge in [0.2, 0.25) is 5.78 Å². The Balaban J connectivity index is 2.23. The minimum Gasteiger partial charge on any atom is -0.280 e. The molecule has 0 spiro atoms. The zero-order valence-electron chi connectivity index (χ0n) is 15.7. The van der Waals surface area contributed by atoms with Crippen LogP contribution in [0.25, 0.3) is 22.6 Å². The summed E-state index contributed by atoms with van der Waals surface area (Å²) in [5, 5.41) is 0. The van der Waals surface area contributed by atoms with Gasteiger partial charge in [0.15, 0.2) is 11.2 Å². The molecule has 4 aromatic rings. The summed E-state index contributed by atoms with van der Waals surface area (Å²) in [6, 6.07) is 6.41. The molecule has 0 atom stereocenters. The van der Waals surface area contributed by atoms with Gasteiger partial charge in [-0.15, -0.1) is 0 Å². The van der Waals surface area contributed by atoms with E-state index in [1.54, 1.807) is 34.2 Å². The molecule has 140 valence electrons. The molecular weight excluding hydrogens is 349 g/mol. The van der Waals surface area contributed by atoms with Crippen molar-refractivity contribution in [1.29, 1.82) is 0 Å². The lowest BCUT2D eigenvalue weighted by molar-refractivity contribution is 0.592. The van der Waals surface area contributed by atoms with Gasteiger partial charge in [-0.25, -0.2) is 9.18 Å². The van der Waals surface area contributed by atoms with Crippen molar-refractivity contribution >= 4 is 16.9 Å². The molecule has 0 fully saturated rings. The average molecular weight is 369 g/mol. The number of para-hydroxylation sites is 1. The van der Waals surface area contributed by atoms with Crippen molar-refractivity contribution in [1.82, 2.24) is 23.1 Å². The summed E-state index contributed by atoms with van der Waals surface area (Å²) in [6.45, 7) is 5.96. The number of fused-ring (bicyclic) bond motifs is 3. The molecule has 0 amide bonds. The maximum absolute atomic E-state index is 14.5. The molecule has 0 saturated heterocycles. The van der Waals surface area contributed by atoms with Crippen LogP contribution in [0.15, 0.2) is 33.9 Å². The Kier molecular flexibility index (Phi) is 3.80. The van der Waals surface area contributed by atoms with Crippen LogP contribution in [0.2, 0.25) is 0 Å². The first kappa shape index (κ1) is 17.3. The van der Waals surface area contributed by atoms with Gasteiger partial charge in [-0.05, 0) is 32.4 Å². The number of nitrogens with zero attached hydrogens (tertiary/aromatic N) is 5. The lowest BCUT2D eigenvalue weighted by atomic mass is 10.3. The molecular formula is C19H20FN5O2. The molecule has 0 aliphatic rings. The molecule has 4 rings (SSSR count). The minimum atomic E-state index is -0.401. The van der Waals surface area contributed by atoms with Crippen LogP contribution in [0.3, 0.4) is 0 Å². The summed E-state index contributed by atoms with van der Waals surface area (Å²) in [6.07, 6.45) is 0.664. The van der Waals surface area contributed by atoms with Crippen LogP contribution in [0.4, 0.5) is 4.39 Å². The minimum absolute atomic E-state index is 0.292. The third-order valence-electron chi connectivity index (χ3n) is 5.06. The van der Waals surface area contributed by atoms with Gasteiger partial charge in [0, 0.05) is 25.0 Å². The van der Waals surface area contributed by atoms with Crippen molar-refractivity contribution in [3.05, 3.63) is 62.3 Å². The molecule has 0 bridgehead atoms. The zero-order chi connectivity index (χ0) is 19.5. The second-order valence-corrected chi connectivity index (χ2v) is 6.68. The molecule has 0 unspecified atom stereocenters. The normalized spacial score (nSPS) is 11.7. The molecule has 7 nitrogen and oxygen atoms in total. The number of benzene rings is 1. The van der Waals surface area contributed by atoms with Gasteiger partial charge in [0.1, 0.15) is 5.82 Å². The molecule has 0 N–H and O–H groups in total. The maximum Gasteiger partial charge on any atom is 0.332 e. The lowest BCUT2D eigenvalue weighted by Crippen LogP contribution is -2.39. The van der Waals surface area contributed by atoms with Gasteiger partial charge in [0.25, 0.3) is 5.56 Å². The molecule has 3 heterocycles. The van der Waals surface area contributed by atoms with E-state index in [4.69, 9.17) is 0 Å². The molecule has 8 heteroatoms. The predicted octanol–water partition coefficient (Wildman–Crippen LogP) is 2.30. The summed E-state index contributed by atoms with van der Waals surface area (Å²) in [4.78, 5) is 30.2. The van der Waals surface area contributed by atoms with Gasteiger partial charge in [0.05, 0.1) is 5.69 Å². The Morgan fingerprint density at radius 1 is 1.11 bits per heavy atom. The molecule has 0 radical (unpaired) electrons. The van der Waals surface area contributed by atoms with E-state index in [2.05, 4.69) is 4.98 Å². The average Bonchev–Trinajstić information content (AvgIpc) is 3.14. The van der Waals surface area contributed by atoms with E-state index in [-0.39, 0.29) is 11.4 Å². The summed E-state index contributed by atoms with van der Waals surface area (Å²) in [5.41, 5.74) is 1.74. The van der Waals surface area contributed by atoms with E-state index >= 15 is 0 Å². The Bertz CT molecular complexity index is 1320. The van der Waals surface area contributed by atoms with Gasteiger partial charge in [-0.3, -0.25) is 22.9 Å². The van der Waals surface area contributed by atoms with Gasteiger partial charge >= 0.3 is 5.69 Å². The van der Waals surface area contributed by atoms with Crippen LogP contribution < -0.4 is 11.2 Å². The lowest BCUT2D eigenvalue weighted by Gasteiger charge is -2.08. The molecule has 3 aromatic heterocycles. The van der Waals surface area contributed by atoms with Gasteiger partial charge in [-0.2, -0.15) is 4.98 Å². The largest absolute Gasteiger partial charge is 0.332 e. The molecule has 27 heavy (non-hydrogen) atoms. The highest BCUT2D eigenvalue weighted by molar-refractivity contribution is 5.77. The third kappa shape index (κ3) is 2.22.